The summed E-state index contributed by atoms with van der Waals surface area (Å²) in [5.74, 6) is 2.00. The smallest absolute Gasteiger partial charge is 0.246 e. The summed E-state index contributed by atoms with van der Waals surface area (Å²) in [7, 11) is 1.67. The summed E-state index contributed by atoms with van der Waals surface area (Å²) in [6.07, 6.45) is 9.70. The molecule has 1 saturated heterocycles. The first-order chi connectivity index (χ1) is 12.7. The number of nitrogens with zero attached hydrogens (tertiary/aromatic N) is 1. The molecule has 1 fully saturated rings. The van der Waals surface area contributed by atoms with Crippen LogP contribution in [0.5, 0.6) is 5.75 Å². The van der Waals surface area contributed by atoms with E-state index in [1.54, 1.807) is 13.2 Å². The van der Waals surface area contributed by atoms with Gasteiger partial charge < -0.3 is 14.1 Å². The minimum atomic E-state index is 0.110. The standard InChI is InChI=1S/C22H27NO3/c1-15(12-22(24)23-10-6-3-7-11-23)17-13-18-16-8-4-5-9-19(16)26-21(18)14-20(17)25-2/h12-14H,3-11H2,1-2H3/b15-12+. The summed E-state index contributed by atoms with van der Waals surface area (Å²) < 4.78 is 11.7. The van der Waals surface area contributed by atoms with E-state index in [4.69, 9.17) is 9.15 Å². The highest BCUT2D eigenvalue weighted by molar-refractivity contribution is 5.97. The van der Waals surface area contributed by atoms with Crippen LogP contribution < -0.4 is 4.74 Å². The fourth-order valence-corrected chi connectivity index (χ4v) is 4.23. The zero-order valence-corrected chi connectivity index (χ0v) is 15.8. The molecule has 0 radical (unpaired) electrons. The quantitative estimate of drug-likeness (QED) is 0.749. The molecule has 0 bridgehead atoms. The molecule has 0 unspecified atom stereocenters. The number of ether oxygens (including phenoxy) is 1. The van der Waals surface area contributed by atoms with Crippen molar-refractivity contribution in [3.63, 3.8) is 0 Å². The SMILES string of the molecule is COc1cc2oc3c(c2cc1/C(C)=C/C(=O)N1CCCCC1)CCCC3. The van der Waals surface area contributed by atoms with E-state index in [1.807, 2.05) is 17.9 Å². The van der Waals surface area contributed by atoms with Crippen molar-refractivity contribution in [2.75, 3.05) is 20.2 Å². The Morgan fingerprint density at radius 2 is 1.88 bits per heavy atom. The highest BCUT2D eigenvalue weighted by Gasteiger charge is 2.21. The van der Waals surface area contributed by atoms with Crippen LogP contribution >= 0.6 is 0 Å². The number of carbonyl (C=O) groups excluding carboxylic acids is 1. The Morgan fingerprint density at radius 1 is 1.12 bits per heavy atom. The maximum Gasteiger partial charge on any atom is 0.246 e. The molecule has 1 aromatic carbocycles. The summed E-state index contributed by atoms with van der Waals surface area (Å²) in [5.41, 5.74) is 4.17. The first-order valence-corrected chi connectivity index (χ1v) is 9.77. The van der Waals surface area contributed by atoms with Crippen LogP contribution in [-0.2, 0) is 17.6 Å². The largest absolute Gasteiger partial charge is 0.496 e. The van der Waals surface area contributed by atoms with E-state index in [-0.39, 0.29) is 5.91 Å². The second-order valence-corrected chi connectivity index (χ2v) is 7.47. The van der Waals surface area contributed by atoms with E-state index in [0.717, 1.165) is 67.0 Å². The van der Waals surface area contributed by atoms with E-state index >= 15 is 0 Å². The average Bonchev–Trinajstić information content (AvgIpc) is 3.05. The van der Waals surface area contributed by atoms with Gasteiger partial charge in [0.25, 0.3) is 0 Å². The average molecular weight is 353 g/mol. The maximum absolute atomic E-state index is 12.6. The number of benzene rings is 1. The zero-order valence-electron chi connectivity index (χ0n) is 15.8. The van der Waals surface area contributed by atoms with E-state index < -0.39 is 0 Å². The molecule has 1 aliphatic heterocycles. The number of methoxy groups -OCH3 is 1. The van der Waals surface area contributed by atoms with Gasteiger partial charge in [0, 0.05) is 48.2 Å². The molecule has 1 amide bonds. The van der Waals surface area contributed by atoms with Crippen molar-refractivity contribution < 1.29 is 13.9 Å². The fraction of sp³-hybridized carbons (Fsp3) is 0.500. The molecule has 2 heterocycles. The number of rotatable bonds is 3. The lowest BCUT2D eigenvalue weighted by atomic mass is 9.94. The van der Waals surface area contributed by atoms with Gasteiger partial charge in [0.05, 0.1) is 7.11 Å². The molecule has 2 aromatic rings. The van der Waals surface area contributed by atoms with Crippen LogP contribution in [0.1, 0.15) is 55.9 Å². The van der Waals surface area contributed by atoms with Gasteiger partial charge in [-0.1, -0.05) is 0 Å². The van der Waals surface area contributed by atoms with Gasteiger partial charge >= 0.3 is 0 Å². The minimum absolute atomic E-state index is 0.110. The number of piperidine rings is 1. The topological polar surface area (TPSA) is 42.7 Å². The van der Waals surface area contributed by atoms with Crippen LogP contribution in [0.2, 0.25) is 0 Å². The monoisotopic (exact) mass is 353 g/mol. The molecule has 1 aromatic heterocycles. The van der Waals surface area contributed by atoms with Gasteiger partial charge in [-0.3, -0.25) is 4.79 Å². The minimum Gasteiger partial charge on any atom is -0.496 e. The van der Waals surface area contributed by atoms with Crippen LogP contribution in [-0.4, -0.2) is 31.0 Å². The highest BCUT2D eigenvalue weighted by Crippen LogP contribution is 2.37. The van der Waals surface area contributed by atoms with Crippen molar-refractivity contribution in [1.29, 1.82) is 0 Å². The van der Waals surface area contributed by atoms with Crippen LogP contribution in [0, 0.1) is 0 Å². The van der Waals surface area contributed by atoms with E-state index in [1.165, 1.54) is 30.2 Å². The fourth-order valence-electron chi connectivity index (χ4n) is 4.23. The molecule has 0 N–H and O–H groups in total. The van der Waals surface area contributed by atoms with Gasteiger partial charge in [-0.15, -0.1) is 0 Å². The van der Waals surface area contributed by atoms with E-state index in [2.05, 4.69) is 6.07 Å². The van der Waals surface area contributed by atoms with Crippen molar-refractivity contribution in [2.24, 2.45) is 0 Å². The molecular weight excluding hydrogens is 326 g/mol. The van der Waals surface area contributed by atoms with Gasteiger partial charge in [0.15, 0.2) is 0 Å². The normalized spacial score (nSPS) is 18.1. The molecule has 4 heteroatoms. The van der Waals surface area contributed by atoms with Crippen molar-refractivity contribution in [1.82, 2.24) is 4.90 Å². The third-order valence-electron chi connectivity index (χ3n) is 5.71. The van der Waals surface area contributed by atoms with Crippen LogP contribution in [0.3, 0.4) is 0 Å². The first-order valence-electron chi connectivity index (χ1n) is 9.77. The van der Waals surface area contributed by atoms with E-state index in [9.17, 15) is 4.79 Å². The zero-order chi connectivity index (χ0) is 18.1. The van der Waals surface area contributed by atoms with Gasteiger partial charge in [-0.2, -0.15) is 0 Å². The first kappa shape index (κ1) is 17.2. The van der Waals surface area contributed by atoms with Crippen molar-refractivity contribution in [2.45, 2.75) is 51.9 Å². The van der Waals surface area contributed by atoms with Crippen LogP contribution in [0.15, 0.2) is 22.6 Å². The summed E-state index contributed by atoms with van der Waals surface area (Å²) in [6.45, 7) is 3.74. The third-order valence-corrected chi connectivity index (χ3v) is 5.71. The Balaban J connectivity index is 1.71. The van der Waals surface area contributed by atoms with Gasteiger partial charge in [-0.05, 0) is 57.1 Å². The van der Waals surface area contributed by atoms with E-state index in [0.29, 0.717) is 0 Å². The predicted molar refractivity (Wildman–Crippen MR) is 103 cm³/mol. The Kier molecular flexibility index (Phi) is 4.75. The number of aryl methyl sites for hydroxylation is 2. The summed E-state index contributed by atoms with van der Waals surface area (Å²) in [6, 6.07) is 4.13. The van der Waals surface area contributed by atoms with Crippen molar-refractivity contribution >= 4 is 22.4 Å². The molecule has 1 aliphatic carbocycles. The summed E-state index contributed by atoms with van der Waals surface area (Å²) in [4.78, 5) is 14.6. The molecule has 0 atom stereocenters. The van der Waals surface area contributed by atoms with Crippen LogP contribution in [0.4, 0.5) is 0 Å². The van der Waals surface area contributed by atoms with Gasteiger partial charge in [-0.25, -0.2) is 0 Å². The number of fused-ring (bicyclic) bond motifs is 3. The maximum atomic E-state index is 12.6. The highest BCUT2D eigenvalue weighted by atomic mass is 16.5. The number of likely N-dealkylation sites (tertiary alicyclic amines) is 1. The number of hydrogen-bond donors (Lipinski definition) is 0. The Labute approximate surface area is 154 Å². The number of furan rings is 1. The van der Waals surface area contributed by atoms with Gasteiger partial charge in [0.2, 0.25) is 5.91 Å². The van der Waals surface area contributed by atoms with Crippen molar-refractivity contribution in [3.05, 3.63) is 35.1 Å². The molecule has 4 nitrogen and oxygen atoms in total. The Morgan fingerprint density at radius 3 is 2.65 bits per heavy atom. The molecule has 26 heavy (non-hydrogen) atoms. The lowest BCUT2D eigenvalue weighted by Crippen LogP contribution is -2.34. The number of carbonyl (C=O) groups is 1. The lowest BCUT2D eigenvalue weighted by molar-refractivity contribution is -0.126. The third kappa shape index (κ3) is 3.13. The predicted octanol–water partition coefficient (Wildman–Crippen LogP) is 4.74. The summed E-state index contributed by atoms with van der Waals surface area (Å²) >= 11 is 0. The molecule has 0 spiro atoms. The number of hydrogen-bond acceptors (Lipinski definition) is 3. The lowest BCUT2D eigenvalue weighted by Gasteiger charge is -2.25. The Bertz CT molecular complexity index is 856. The van der Waals surface area contributed by atoms with Crippen molar-refractivity contribution in [3.8, 4) is 5.75 Å². The molecular formula is C22H27NO3. The molecule has 4 rings (SSSR count). The molecule has 0 saturated carbocycles. The number of allylic oxidation sites excluding steroid dienone is 1. The molecule has 138 valence electrons. The van der Waals surface area contributed by atoms with Gasteiger partial charge in [0.1, 0.15) is 17.1 Å². The second-order valence-electron chi connectivity index (χ2n) is 7.47. The summed E-state index contributed by atoms with van der Waals surface area (Å²) in [5, 5.41) is 1.17. The Hall–Kier alpha value is -2.23. The second kappa shape index (κ2) is 7.18. The number of amides is 1. The van der Waals surface area contributed by atoms with Crippen LogP contribution in [0.25, 0.3) is 16.5 Å². The molecule has 2 aliphatic rings.